The first-order chi connectivity index (χ1) is 8.06. The summed E-state index contributed by atoms with van der Waals surface area (Å²) in [6, 6.07) is 3.21. The van der Waals surface area contributed by atoms with Crippen molar-refractivity contribution < 1.29 is 0 Å². The number of hydrogen-bond donors (Lipinski definition) is 1. The molecule has 2 aromatic heterocycles. The second-order valence-electron chi connectivity index (χ2n) is 3.00. The van der Waals surface area contributed by atoms with Crippen molar-refractivity contribution in [1.82, 2.24) is 25.0 Å². The number of nitrogens with one attached hydrogen (secondary N) is 1. The van der Waals surface area contributed by atoms with Gasteiger partial charge in [-0.3, -0.25) is 19.4 Å². The van der Waals surface area contributed by atoms with E-state index in [1.165, 1.54) is 4.68 Å². The zero-order chi connectivity index (χ0) is 12.4. The smallest absolute Gasteiger partial charge is 0.265 e. The predicted molar refractivity (Wildman–Crippen MR) is 61.3 cm³/mol. The average molecular weight is 272 g/mol. The minimum atomic E-state index is -0.840. The van der Waals surface area contributed by atoms with Crippen molar-refractivity contribution in [1.29, 1.82) is 0 Å². The summed E-state index contributed by atoms with van der Waals surface area (Å²) in [6.07, 6.45) is 0. The fourth-order valence-electron chi connectivity index (χ4n) is 1.00. The number of aromatic nitrogens is 5. The van der Waals surface area contributed by atoms with Crippen molar-refractivity contribution in [3.63, 3.8) is 0 Å². The first-order valence-electron chi connectivity index (χ1n) is 4.41. The van der Waals surface area contributed by atoms with Gasteiger partial charge in [0.25, 0.3) is 0 Å². The lowest BCUT2D eigenvalue weighted by molar-refractivity contribution is 0.596. The summed E-state index contributed by atoms with van der Waals surface area (Å²) in [5.74, 6) is 0. The third-order valence-electron chi connectivity index (χ3n) is 1.75. The maximum atomic E-state index is 11.1. The van der Waals surface area contributed by atoms with Crippen molar-refractivity contribution in [2.24, 2.45) is 7.05 Å². The Bertz CT molecular complexity index is 650. The molecular weight excluding hydrogens is 266 g/mol. The van der Waals surface area contributed by atoms with E-state index < -0.39 is 11.1 Å². The van der Waals surface area contributed by atoms with Gasteiger partial charge in [-0.25, -0.2) is 0 Å². The van der Waals surface area contributed by atoms with E-state index in [4.69, 9.17) is 11.6 Å². The van der Waals surface area contributed by atoms with Gasteiger partial charge >= 0.3 is 11.1 Å². The first kappa shape index (κ1) is 11.8. The highest BCUT2D eigenvalue weighted by atomic mass is 35.5. The summed E-state index contributed by atoms with van der Waals surface area (Å²) in [6.45, 7) is 0. The van der Waals surface area contributed by atoms with Crippen molar-refractivity contribution in [2.45, 2.75) is 10.2 Å². The van der Waals surface area contributed by atoms with Gasteiger partial charge in [0, 0.05) is 7.05 Å². The number of hydrogen-bond acceptors (Lipinski definition) is 6. The Morgan fingerprint density at radius 2 is 2.12 bits per heavy atom. The van der Waals surface area contributed by atoms with E-state index in [1.54, 1.807) is 19.2 Å². The SMILES string of the molecule is Cn1[nH]c(=O)c(=O)nc1Sc1ccc(Cl)nn1. The van der Waals surface area contributed by atoms with Crippen LogP contribution in [0, 0.1) is 0 Å². The number of halogens is 1. The van der Waals surface area contributed by atoms with E-state index >= 15 is 0 Å². The molecule has 7 nitrogen and oxygen atoms in total. The molecular formula is C8H6ClN5O2S. The molecule has 88 valence electrons. The summed E-state index contributed by atoms with van der Waals surface area (Å²) >= 11 is 6.69. The van der Waals surface area contributed by atoms with Crippen LogP contribution in [0.5, 0.6) is 0 Å². The predicted octanol–water partition coefficient (Wildman–Crippen LogP) is 0.0632. The Morgan fingerprint density at radius 1 is 1.35 bits per heavy atom. The van der Waals surface area contributed by atoms with Crippen LogP contribution >= 0.6 is 23.4 Å². The van der Waals surface area contributed by atoms with Crippen LogP contribution in [0.4, 0.5) is 0 Å². The van der Waals surface area contributed by atoms with Crippen LogP contribution in [-0.4, -0.2) is 25.0 Å². The number of H-pyrrole nitrogens is 1. The molecule has 0 unspecified atom stereocenters. The van der Waals surface area contributed by atoms with E-state index in [2.05, 4.69) is 20.3 Å². The third-order valence-corrected chi connectivity index (χ3v) is 2.93. The van der Waals surface area contributed by atoms with E-state index in [-0.39, 0.29) is 5.15 Å². The van der Waals surface area contributed by atoms with Gasteiger partial charge in [0.15, 0.2) is 10.3 Å². The molecule has 9 heteroatoms. The zero-order valence-electron chi connectivity index (χ0n) is 8.55. The van der Waals surface area contributed by atoms with Crippen LogP contribution in [0.1, 0.15) is 0 Å². The summed E-state index contributed by atoms with van der Waals surface area (Å²) in [4.78, 5) is 25.7. The number of nitrogens with zero attached hydrogens (tertiary/aromatic N) is 4. The molecule has 0 aliphatic carbocycles. The molecule has 1 N–H and O–H groups in total. The molecule has 0 atom stereocenters. The van der Waals surface area contributed by atoms with Crippen LogP contribution in [0.3, 0.4) is 0 Å². The highest BCUT2D eigenvalue weighted by Crippen LogP contribution is 2.21. The second kappa shape index (κ2) is 4.68. The standard InChI is InChI=1S/C8H6ClN5O2S/c1-14-8(10-6(15)7(16)13-14)17-5-3-2-4(9)11-12-5/h2-3H,1H3,(H,13,16). The topological polar surface area (TPSA) is 93.5 Å². The fourth-order valence-corrected chi connectivity index (χ4v) is 1.82. The molecule has 2 heterocycles. The Labute approximate surface area is 104 Å². The molecule has 0 aliphatic rings. The van der Waals surface area contributed by atoms with Crippen molar-refractivity contribution in [2.75, 3.05) is 0 Å². The molecule has 2 aromatic rings. The Kier molecular flexibility index (Phi) is 3.25. The molecule has 0 saturated heterocycles. The lowest BCUT2D eigenvalue weighted by atomic mass is 10.6. The minimum Gasteiger partial charge on any atom is -0.265 e. The van der Waals surface area contributed by atoms with E-state index in [0.717, 1.165) is 11.8 Å². The Hall–Kier alpha value is -1.67. The quantitative estimate of drug-likeness (QED) is 0.777. The second-order valence-corrected chi connectivity index (χ2v) is 4.37. The normalized spacial score (nSPS) is 10.5. The summed E-state index contributed by atoms with van der Waals surface area (Å²) in [5.41, 5.74) is -1.61. The molecule has 0 bridgehead atoms. The monoisotopic (exact) mass is 271 g/mol. The third kappa shape index (κ3) is 2.71. The van der Waals surface area contributed by atoms with Crippen LogP contribution in [-0.2, 0) is 7.05 Å². The van der Waals surface area contributed by atoms with Crippen LogP contribution in [0.2, 0.25) is 5.15 Å². The Morgan fingerprint density at radius 3 is 2.76 bits per heavy atom. The maximum absolute atomic E-state index is 11.1. The molecule has 0 fully saturated rings. The summed E-state index contributed by atoms with van der Waals surface area (Å²) in [7, 11) is 1.57. The minimum absolute atomic E-state index is 0.276. The van der Waals surface area contributed by atoms with Gasteiger partial charge in [-0.05, 0) is 23.9 Å². The largest absolute Gasteiger partial charge is 0.339 e. The van der Waals surface area contributed by atoms with Crippen LogP contribution < -0.4 is 11.1 Å². The van der Waals surface area contributed by atoms with E-state index in [9.17, 15) is 9.59 Å². The molecule has 0 radical (unpaired) electrons. The molecule has 0 amide bonds. The summed E-state index contributed by atoms with van der Waals surface area (Å²) < 4.78 is 1.34. The zero-order valence-corrected chi connectivity index (χ0v) is 10.1. The highest BCUT2D eigenvalue weighted by molar-refractivity contribution is 7.99. The van der Waals surface area contributed by atoms with E-state index in [0.29, 0.717) is 10.2 Å². The van der Waals surface area contributed by atoms with Gasteiger partial charge in [-0.1, -0.05) is 11.6 Å². The Balaban J connectivity index is 2.36. The summed E-state index contributed by atoms with van der Waals surface area (Å²) in [5, 5.41) is 10.9. The molecule has 0 spiro atoms. The maximum Gasteiger partial charge on any atom is 0.339 e. The van der Waals surface area contributed by atoms with Crippen LogP contribution in [0.15, 0.2) is 31.9 Å². The molecule has 0 aromatic carbocycles. The number of rotatable bonds is 2. The lowest BCUT2D eigenvalue weighted by Gasteiger charge is -2.04. The van der Waals surface area contributed by atoms with Gasteiger partial charge in [0.2, 0.25) is 0 Å². The molecule has 0 aliphatic heterocycles. The van der Waals surface area contributed by atoms with Crippen molar-refractivity contribution >= 4 is 23.4 Å². The highest BCUT2D eigenvalue weighted by Gasteiger charge is 2.07. The van der Waals surface area contributed by atoms with E-state index in [1.807, 2.05) is 0 Å². The molecule has 0 saturated carbocycles. The molecule has 17 heavy (non-hydrogen) atoms. The number of aryl methyl sites for hydroxylation is 1. The lowest BCUT2D eigenvalue weighted by Crippen LogP contribution is -2.33. The number of aromatic amines is 1. The molecule has 2 rings (SSSR count). The van der Waals surface area contributed by atoms with Gasteiger partial charge in [0.1, 0.15) is 5.03 Å². The van der Waals surface area contributed by atoms with Crippen molar-refractivity contribution in [3.05, 3.63) is 38.0 Å². The fraction of sp³-hybridized carbons (Fsp3) is 0.125. The van der Waals surface area contributed by atoms with Crippen molar-refractivity contribution in [3.8, 4) is 0 Å². The first-order valence-corrected chi connectivity index (χ1v) is 5.60. The van der Waals surface area contributed by atoms with Gasteiger partial charge in [-0.15, -0.1) is 10.2 Å². The average Bonchev–Trinajstić information content (AvgIpc) is 2.29. The van der Waals surface area contributed by atoms with Gasteiger partial charge in [0.05, 0.1) is 0 Å². The van der Waals surface area contributed by atoms with Gasteiger partial charge in [-0.2, -0.15) is 4.98 Å². The van der Waals surface area contributed by atoms with Gasteiger partial charge < -0.3 is 0 Å². The van der Waals surface area contributed by atoms with Crippen LogP contribution in [0.25, 0.3) is 0 Å².